The number of H-pyrrole nitrogens is 1. The summed E-state index contributed by atoms with van der Waals surface area (Å²) in [5, 5.41) is 11.3. The predicted octanol–water partition coefficient (Wildman–Crippen LogP) is 1.75. The average Bonchev–Trinajstić information content (AvgIpc) is 3.04. The molecule has 0 aromatic carbocycles. The van der Waals surface area contributed by atoms with Crippen LogP contribution in [0.15, 0.2) is 54.5 Å². The van der Waals surface area contributed by atoms with E-state index in [-0.39, 0.29) is 28.7 Å². The molecule has 1 rings (SSSR count). The second kappa shape index (κ2) is 11.0. The number of halogens is 1. The van der Waals surface area contributed by atoms with Gasteiger partial charge in [0, 0.05) is 11.8 Å². The van der Waals surface area contributed by atoms with Crippen LogP contribution < -0.4 is 22.5 Å². The highest BCUT2D eigenvalue weighted by atomic mass is 19.1. The predicted molar refractivity (Wildman–Crippen MR) is 99.0 cm³/mol. The van der Waals surface area contributed by atoms with Gasteiger partial charge in [0.15, 0.2) is 18.2 Å². The summed E-state index contributed by atoms with van der Waals surface area (Å²) < 4.78 is 18.6. The van der Waals surface area contributed by atoms with E-state index in [0.29, 0.717) is 5.56 Å². The number of anilines is 1. The van der Waals surface area contributed by atoms with Crippen LogP contribution >= 0.6 is 0 Å². The van der Waals surface area contributed by atoms with Crippen molar-refractivity contribution in [2.45, 2.75) is 13.8 Å². The van der Waals surface area contributed by atoms with Gasteiger partial charge in [-0.3, -0.25) is 4.79 Å². The lowest BCUT2D eigenvalue weighted by Crippen LogP contribution is -2.27. The smallest absolute Gasteiger partial charge is 0.266 e. The normalized spacial score (nSPS) is 11.6. The highest BCUT2D eigenvalue weighted by molar-refractivity contribution is 6.00. The zero-order valence-corrected chi connectivity index (χ0v) is 14.7. The first-order chi connectivity index (χ1) is 12.3. The highest BCUT2D eigenvalue weighted by Crippen LogP contribution is 2.24. The zero-order chi connectivity index (χ0) is 20.3. The van der Waals surface area contributed by atoms with Crippen molar-refractivity contribution in [2.75, 3.05) is 12.3 Å². The summed E-state index contributed by atoms with van der Waals surface area (Å²) in [5.41, 5.74) is 16.7. The second-order valence-corrected chi connectivity index (χ2v) is 4.38. The first-order valence-corrected chi connectivity index (χ1v) is 7.54. The van der Waals surface area contributed by atoms with E-state index < -0.39 is 18.3 Å². The average molecular weight is 362 g/mol. The van der Waals surface area contributed by atoms with Crippen molar-refractivity contribution >= 4 is 17.4 Å². The van der Waals surface area contributed by atoms with Crippen molar-refractivity contribution in [3.63, 3.8) is 0 Å². The second-order valence-electron chi connectivity index (χ2n) is 4.38. The fourth-order valence-corrected chi connectivity index (χ4v) is 1.75. The number of allylic oxidation sites excluding steroid dienone is 2. The van der Waals surface area contributed by atoms with Crippen LogP contribution in [0.4, 0.5) is 10.2 Å². The van der Waals surface area contributed by atoms with Crippen molar-refractivity contribution in [1.29, 1.82) is 5.26 Å². The number of nitrogens with one attached hydrogen (secondary N) is 2. The number of nitrogens with two attached hydrogens (primary N) is 3. The third-order valence-corrected chi connectivity index (χ3v) is 2.82. The quantitative estimate of drug-likeness (QED) is 0.269. The van der Waals surface area contributed by atoms with Crippen molar-refractivity contribution < 1.29 is 13.9 Å². The van der Waals surface area contributed by atoms with Gasteiger partial charge in [-0.15, -0.1) is 0 Å². The summed E-state index contributed by atoms with van der Waals surface area (Å²) in [5.74, 6) is -2.04. The maximum atomic E-state index is 13.6. The third-order valence-electron chi connectivity index (χ3n) is 2.82. The Morgan fingerprint density at radius 1 is 1.50 bits per heavy atom. The molecule has 0 atom stereocenters. The maximum Gasteiger partial charge on any atom is 0.266 e. The van der Waals surface area contributed by atoms with Gasteiger partial charge in [-0.1, -0.05) is 27.0 Å². The first-order valence-electron chi connectivity index (χ1n) is 7.54. The minimum atomic E-state index is -0.952. The number of aromatic amines is 1. The van der Waals surface area contributed by atoms with Crippen LogP contribution in [0.2, 0.25) is 0 Å². The molecule has 0 saturated carbocycles. The summed E-state index contributed by atoms with van der Waals surface area (Å²) in [4.78, 5) is 14.1. The van der Waals surface area contributed by atoms with Gasteiger partial charge in [-0.2, -0.15) is 5.26 Å². The molecule has 1 amide bonds. The molecule has 1 aromatic heterocycles. The van der Waals surface area contributed by atoms with Crippen LogP contribution in [0, 0.1) is 11.3 Å². The molecule has 0 aliphatic heterocycles. The molecule has 0 aliphatic rings. The Hall–Kier alpha value is -3.67. The Morgan fingerprint density at radius 3 is 2.50 bits per heavy atom. The topological polar surface area (TPSA) is 156 Å². The lowest BCUT2D eigenvalue weighted by atomic mass is 10.1. The van der Waals surface area contributed by atoms with Crippen LogP contribution in [0.25, 0.3) is 5.70 Å². The Balaban J connectivity index is 0.00000301. The third kappa shape index (κ3) is 5.76. The lowest BCUT2D eigenvalue weighted by Gasteiger charge is -2.16. The molecule has 1 aromatic rings. The van der Waals surface area contributed by atoms with Gasteiger partial charge in [0.1, 0.15) is 17.6 Å². The van der Waals surface area contributed by atoms with E-state index in [4.69, 9.17) is 27.2 Å². The number of ether oxygens (including phenoxy) is 1. The number of primary amides is 1. The van der Waals surface area contributed by atoms with Crippen molar-refractivity contribution in [1.82, 2.24) is 10.3 Å². The Labute approximate surface area is 151 Å². The van der Waals surface area contributed by atoms with Crippen LogP contribution in [0.3, 0.4) is 0 Å². The van der Waals surface area contributed by atoms with Gasteiger partial charge in [0.05, 0.1) is 11.4 Å². The molecule has 8 N–H and O–H groups in total. The first kappa shape index (κ1) is 22.3. The Morgan fingerprint density at radius 2 is 2.12 bits per heavy atom. The molecule has 0 saturated heterocycles. The fourth-order valence-electron chi connectivity index (χ4n) is 1.75. The van der Waals surface area contributed by atoms with Crippen LogP contribution in [0.1, 0.15) is 19.4 Å². The molecule has 0 bridgehead atoms. The van der Waals surface area contributed by atoms with Crippen molar-refractivity contribution in [3.8, 4) is 6.07 Å². The maximum absolute atomic E-state index is 13.6. The SMILES string of the molecule is C=C/C(N/C(=C(/N)C(N)=O)c1cc[nH]c1N)=C(/OCC#N)C(=C)F.CC. The lowest BCUT2D eigenvalue weighted by molar-refractivity contribution is -0.114. The van der Waals surface area contributed by atoms with Gasteiger partial charge in [-0.25, -0.2) is 4.39 Å². The molecule has 0 aliphatic carbocycles. The molecule has 1 heterocycles. The number of nitriles is 1. The van der Waals surface area contributed by atoms with E-state index in [1.807, 2.05) is 13.8 Å². The van der Waals surface area contributed by atoms with Gasteiger partial charge in [-0.05, 0) is 12.1 Å². The summed E-state index contributed by atoms with van der Waals surface area (Å²) in [6.45, 7) is 10.2. The molecule has 0 spiro atoms. The number of hydrogen-bond acceptors (Lipinski definition) is 6. The number of rotatable bonds is 8. The molecule has 8 nitrogen and oxygen atoms in total. The Bertz CT molecular complexity index is 770. The van der Waals surface area contributed by atoms with Gasteiger partial charge >= 0.3 is 0 Å². The van der Waals surface area contributed by atoms with E-state index >= 15 is 0 Å². The molecule has 0 radical (unpaired) electrons. The summed E-state index contributed by atoms with van der Waals surface area (Å²) >= 11 is 0. The number of amides is 1. The largest absolute Gasteiger partial charge is 0.473 e. The molecule has 26 heavy (non-hydrogen) atoms. The minimum Gasteiger partial charge on any atom is -0.473 e. The number of nitrogen functional groups attached to an aromatic ring is 1. The van der Waals surface area contributed by atoms with E-state index in [2.05, 4.69) is 23.5 Å². The van der Waals surface area contributed by atoms with E-state index in [0.717, 1.165) is 0 Å². The number of hydrogen-bond donors (Lipinski definition) is 5. The number of nitrogens with zero attached hydrogens (tertiary/aromatic N) is 1. The molecular formula is C17H23FN6O2. The van der Waals surface area contributed by atoms with E-state index in [1.54, 1.807) is 6.07 Å². The van der Waals surface area contributed by atoms with Gasteiger partial charge < -0.3 is 32.2 Å². The van der Waals surface area contributed by atoms with Crippen LogP contribution in [0.5, 0.6) is 0 Å². The zero-order valence-electron chi connectivity index (χ0n) is 14.7. The van der Waals surface area contributed by atoms with E-state index in [9.17, 15) is 9.18 Å². The van der Waals surface area contributed by atoms with Gasteiger partial charge in [0.2, 0.25) is 0 Å². The van der Waals surface area contributed by atoms with Crippen LogP contribution in [-0.4, -0.2) is 17.5 Å². The van der Waals surface area contributed by atoms with E-state index in [1.165, 1.54) is 18.3 Å². The molecular weight excluding hydrogens is 339 g/mol. The van der Waals surface area contributed by atoms with Gasteiger partial charge in [0.25, 0.3) is 5.91 Å². The summed E-state index contributed by atoms with van der Waals surface area (Å²) in [7, 11) is 0. The molecule has 0 fully saturated rings. The van der Waals surface area contributed by atoms with Crippen LogP contribution in [-0.2, 0) is 9.53 Å². The van der Waals surface area contributed by atoms with Crippen molar-refractivity contribution in [2.24, 2.45) is 11.5 Å². The van der Waals surface area contributed by atoms with Crippen molar-refractivity contribution in [3.05, 3.63) is 60.0 Å². The minimum absolute atomic E-state index is 0.0162. The number of aromatic nitrogens is 1. The summed E-state index contributed by atoms with van der Waals surface area (Å²) in [6.07, 6.45) is 2.72. The summed E-state index contributed by atoms with van der Waals surface area (Å²) in [6, 6.07) is 3.24. The monoisotopic (exact) mass is 362 g/mol. The Kier molecular flexibility index (Phi) is 9.43. The fraction of sp³-hybridized carbons (Fsp3) is 0.176. The molecule has 140 valence electrons. The highest BCUT2D eigenvalue weighted by Gasteiger charge is 2.18. The standard InChI is InChI=1S/C15H17FN6O2.C2H6/c1-3-10(13(8(2)16)24-7-5-17)22-12(11(18)15(20)23)9-4-6-21-14(9)19;1-2/h3-4,6,21-22H,1-2,7,18-19H2,(H2,20,23);1-2H3/b12-11+,13-10-;. The number of carbonyl (C=O) groups excluding carboxylic acids is 1. The molecule has 0 unspecified atom stereocenters. The molecule has 9 heteroatoms. The number of carbonyl (C=O) groups is 1.